The van der Waals surface area contributed by atoms with Crippen molar-refractivity contribution in [2.75, 3.05) is 39.3 Å². The molecule has 1 N–H and O–H groups in total. The Labute approximate surface area is 145 Å². The van der Waals surface area contributed by atoms with Gasteiger partial charge in [0.2, 0.25) is 11.8 Å². The topological polar surface area (TPSA) is 52.7 Å². The van der Waals surface area contributed by atoms with Gasteiger partial charge in [-0.3, -0.25) is 14.5 Å². The number of piperidine rings is 1. The molecule has 2 heterocycles. The standard InChI is InChI=1S/C19H31N3O2/c1-3-7-19(8-4-2)15-17(23)22(18(24)16-19)12-6-5-11-21-13-9-20-10-14-21/h3-4,20H,1-2,5-16H2. The van der Waals surface area contributed by atoms with Gasteiger partial charge in [-0.05, 0) is 37.6 Å². The molecule has 2 fully saturated rings. The van der Waals surface area contributed by atoms with E-state index in [-0.39, 0.29) is 17.2 Å². The summed E-state index contributed by atoms with van der Waals surface area (Å²) < 4.78 is 0. The lowest BCUT2D eigenvalue weighted by Gasteiger charge is -2.39. The number of rotatable bonds is 9. The van der Waals surface area contributed by atoms with Gasteiger partial charge in [0, 0.05) is 45.6 Å². The van der Waals surface area contributed by atoms with Gasteiger partial charge in [-0.1, -0.05) is 12.2 Å². The SMILES string of the molecule is C=CCC1(CC=C)CC(=O)N(CCCCN2CCNCC2)C(=O)C1. The number of piperazine rings is 1. The second-order valence-corrected chi connectivity index (χ2v) is 7.08. The van der Waals surface area contributed by atoms with Gasteiger partial charge < -0.3 is 10.2 Å². The summed E-state index contributed by atoms with van der Waals surface area (Å²) >= 11 is 0. The van der Waals surface area contributed by atoms with Gasteiger partial charge in [0.05, 0.1) is 0 Å². The fraction of sp³-hybridized carbons (Fsp3) is 0.684. The summed E-state index contributed by atoms with van der Waals surface area (Å²) in [6.45, 7) is 13.4. The maximum absolute atomic E-state index is 12.5. The number of allylic oxidation sites excluding steroid dienone is 2. The van der Waals surface area contributed by atoms with Crippen LogP contribution in [0.2, 0.25) is 0 Å². The molecule has 2 aliphatic rings. The summed E-state index contributed by atoms with van der Waals surface area (Å²) in [5.41, 5.74) is -0.297. The van der Waals surface area contributed by atoms with Crippen molar-refractivity contribution in [2.45, 2.75) is 38.5 Å². The second-order valence-electron chi connectivity index (χ2n) is 7.08. The third-order valence-corrected chi connectivity index (χ3v) is 5.12. The van der Waals surface area contributed by atoms with E-state index in [9.17, 15) is 9.59 Å². The van der Waals surface area contributed by atoms with E-state index in [1.165, 1.54) is 4.90 Å². The van der Waals surface area contributed by atoms with Crippen LogP contribution in [-0.4, -0.2) is 60.9 Å². The van der Waals surface area contributed by atoms with E-state index in [1.54, 1.807) is 0 Å². The number of unbranched alkanes of at least 4 members (excludes halogenated alkanes) is 1. The zero-order valence-electron chi connectivity index (χ0n) is 14.8. The van der Waals surface area contributed by atoms with Crippen LogP contribution >= 0.6 is 0 Å². The third kappa shape index (κ3) is 5.02. The van der Waals surface area contributed by atoms with Crippen LogP contribution in [0.4, 0.5) is 0 Å². The van der Waals surface area contributed by atoms with Crippen LogP contribution in [0.5, 0.6) is 0 Å². The van der Waals surface area contributed by atoms with Crippen LogP contribution < -0.4 is 5.32 Å². The smallest absolute Gasteiger partial charge is 0.229 e. The summed E-state index contributed by atoms with van der Waals surface area (Å²) in [5.74, 6) is -0.0609. The molecule has 0 spiro atoms. The molecule has 0 aromatic carbocycles. The molecule has 24 heavy (non-hydrogen) atoms. The molecule has 0 unspecified atom stereocenters. The molecule has 0 aliphatic carbocycles. The molecule has 2 amide bonds. The van der Waals surface area contributed by atoms with Crippen molar-refractivity contribution in [3.8, 4) is 0 Å². The zero-order chi connectivity index (χ0) is 17.4. The molecule has 0 bridgehead atoms. The molecule has 2 saturated heterocycles. The van der Waals surface area contributed by atoms with Gasteiger partial charge in [0.1, 0.15) is 0 Å². The molecule has 134 valence electrons. The Morgan fingerprint density at radius 3 is 2.04 bits per heavy atom. The predicted molar refractivity (Wildman–Crippen MR) is 96.6 cm³/mol. The number of carbonyl (C=O) groups excluding carboxylic acids is 2. The molecule has 2 rings (SSSR count). The number of likely N-dealkylation sites (tertiary alicyclic amines) is 1. The Kier molecular flexibility index (Phi) is 7.18. The highest BCUT2D eigenvalue weighted by atomic mass is 16.2. The Bertz CT molecular complexity index is 439. The van der Waals surface area contributed by atoms with Crippen molar-refractivity contribution in [3.05, 3.63) is 25.3 Å². The lowest BCUT2D eigenvalue weighted by Crippen LogP contribution is -2.48. The lowest BCUT2D eigenvalue weighted by molar-refractivity contribution is -0.153. The first-order valence-electron chi connectivity index (χ1n) is 9.08. The molecule has 0 saturated carbocycles. The molecule has 2 aliphatic heterocycles. The van der Waals surface area contributed by atoms with E-state index in [0.717, 1.165) is 45.6 Å². The first-order valence-corrected chi connectivity index (χ1v) is 9.08. The minimum absolute atomic E-state index is 0.0304. The van der Waals surface area contributed by atoms with Crippen LogP contribution in [0.15, 0.2) is 25.3 Å². The first kappa shape index (κ1) is 18.9. The van der Waals surface area contributed by atoms with E-state index in [4.69, 9.17) is 0 Å². The lowest BCUT2D eigenvalue weighted by atomic mass is 9.72. The van der Waals surface area contributed by atoms with Gasteiger partial charge in [-0.25, -0.2) is 0 Å². The molecule has 0 radical (unpaired) electrons. The Morgan fingerprint density at radius 2 is 1.50 bits per heavy atom. The summed E-state index contributed by atoms with van der Waals surface area (Å²) in [4.78, 5) is 28.9. The minimum atomic E-state index is -0.297. The fourth-order valence-electron chi connectivity index (χ4n) is 3.81. The quantitative estimate of drug-likeness (QED) is 0.398. The monoisotopic (exact) mass is 333 g/mol. The third-order valence-electron chi connectivity index (χ3n) is 5.12. The Hall–Kier alpha value is -1.46. The average Bonchev–Trinajstić information content (AvgIpc) is 2.55. The number of nitrogens with one attached hydrogen (secondary N) is 1. The second kappa shape index (κ2) is 9.14. The number of hydrogen-bond donors (Lipinski definition) is 1. The highest BCUT2D eigenvalue weighted by Gasteiger charge is 2.41. The van der Waals surface area contributed by atoms with Crippen molar-refractivity contribution in [3.63, 3.8) is 0 Å². The first-order chi connectivity index (χ1) is 11.6. The van der Waals surface area contributed by atoms with Crippen LogP contribution in [0, 0.1) is 5.41 Å². The van der Waals surface area contributed by atoms with Crippen molar-refractivity contribution < 1.29 is 9.59 Å². The number of imide groups is 1. The van der Waals surface area contributed by atoms with Crippen LogP contribution in [0.25, 0.3) is 0 Å². The molecule has 0 aromatic rings. The van der Waals surface area contributed by atoms with E-state index < -0.39 is 0 Å². The van der Waals surface area contributed by atoms with Crippen LogP contribution in [-0.2, 0) is 9.59 Å². The molecule has 5 heteroatoms. The Balaban J connectivity index is 1.79. The normalized spacial score (nSPS) is 21.8. The summed E-state index contributed by atoms with van der Waals surface area (Å²) in [6, 6.07) is 0. The molecule has 0 atom stereocenters. The summed E-state index contributed by atoms with van der Waals surface area (Å²) in [5, 5.41) is 3.34. The van der Waals surface area contributed by atoms with Crippen molar-refractivity contribution in [1.29, 1.82) is 0 Å². The van der Waals surface area contributed by atoms with Crippen molar-refractivity contribution in [1.82, 2.24) is 15.1 Å². The van der Waals surface area contributed by atoms with E-state index in [2.05, 4.69) is 23.4 Å². The number of carbonyl (C=O) groups is 2. The summed E-state index contributed by atoms with van der Waals surface area (Å²) in [7, 11) is 0. The largest absolute Gasteiger partial charge is 0.314 e. The van der Waals surface area contributed by atoms with E-state index >= 15 is 0 Å². The molecular weight excluding hydrogens is 302 g/mol. The summed E-state index contributed by atoms with van der Waals surface area (Å²) in [6.07, 6.45) is 7.77. The van der Waals surface area contributed by atoms with Crippen molar-refractivity contribution >= 4 is 11.8 Å². The van der Waals surface area contributed by atoms with E-state index in [1.807, 2.05) is 12.2 Å². The predicted octanol–water partition coefficient (Wildman–Crippen LogP) is 1.96. The van der Waals surface area contributed by atoms with Crippen molar-refractivity contribution in [2.24, 2.45) is 5.41 Å². The highest BCUT2D eigenvalue weighted by Crippen LogP contribution is 2.40. The van der Waals surface area contributed by atoms with Crippen LogP contribution in [0.3, 0.4) is 0 Å². The fourth-order valence-corrected chi connectivity index (χ4v) is 3.81. The van der Waals surface area contributed by atoms with E-state index in [0.29, 0.717) is 32.2 Å². The Morgan fingerprint density at radius 1 is 0.958 bits per heavy atom. The van der Waals surface area contributed by atoms with Gasteiger partial charge in [-0.2, -0.15) is 0 Å². The minimum Gasteiger partial charge on any atom is -0.314 e. The zero-order valence-corrected chi connectivity index (χ0v) is 14.8. The van der Waals surface area contributed by atoms with Gasteiger partial charge in [0.15, 0.2) is 0 Å². The maximum atomic E-state index is 12.5. The number of hydrogen-bond acceptors (Lipinski definition) is 4. The molecular formula is C19H31N3O2. The number of nitrogens with zero attached hydrogens (tertiary/aromatic N) is 2. The highest BCUT2D eigenvalue weighted by molar-refractivity contribution is 5.98. The van der Waals surface area contributed by atoms with Gasteiger partial charge in [-0.15, -0.1) is 13.2 Å². The average molecular weight is 333 g/mol. The molecule has 0 aromatic heterocycles. The number of amides is 2. The maximum Gasteiger partial charge on any atom is 0.229 e. The molecule has 5 nitrogen and oxygen atoms in total. The van der Waals surface area contributed by atoms with Crippen LogP contribution in [0.1, 0.15) is 38.5 Å². The van der Waals surface area contributed by atoms with Gasteiger partial charge in [0.25, 0.3) is 0 Å². The van der Waals surface area contributed by atoms with Gasteiger partial charge >= 0.3 is 0 Å².